The largest absolute Gasteiger partial charge is 0.474 e. The zero-order valence-corrected chi connectivity index (χ0v) is 8.63. The predicted molar refractivity (Wildman–Crippen MR) is 54.6 cm³/mol. The topological polar surface area (TPSA) is 66.4 Å². The van der Waals surface area contributed by atoms with Gasteiger partial charge in [0.2, 0.25) is 0 Å². The molecule has 1 rings (SSSR count). The van der Waals surface area contributed by atoms with Gasteiger partial charge in [-0.2, -0.15) is 8.78 Å². The molecule has 0 aliphatic heterocycles. The van der Waals surface area contributed by atoms with E-state index >= 15 is 0 Å². The van der Waals surface area contributed by atoms with Crippen LogP contribution < -0.4 is 5.32 Å². The molecule has 0 aliphatic rings. The van der Waals surface area contributed by atoms with Gasteiger partial charge < -0.3 is 10.4 Å². The molecule has 2 N–H and O–H groups in total. The molecule has 0 spiro atoms. The number of carboxylic acid groups (broad SMARTS) is 1. The number of rotatable bonds is 3. The standard InChI is InChI=1S/C9H7F2NO3S/c10-9(11)16-6-4-2-1-3-5(6)12-7(13)8(14)15/h1-4,9H,(H,12,13)(H,14,15). The van der Waals surface area contributed by atoms with Crippen LogP contribution in [-0.4, -0.2) is 22.7 Å². The monoisotopic (exact) mass is 247 g/mol. The van der Waals surface area contributed by atoms with E-state index < -0.39 is 17.6 Å². The Balaban J connectivity index is 2.86. The lowest BCUT2D eigenvalue weighted by Gasteiger charge is -2.08. The minimum atomic E-state index is -2.64. The summed E-state index contributed by atoms with van der Waals surface area (Å²) >= 11 is 0.238. The van der Waals surface area contributed by atoms with Crippen molar-refractivity contribution in [1.29, 1.82) is 0 Å². The van der Waals surface area contributed by atoms with Crippen LogP contribution in [0.25, 0.3) is 0 Å². The molecule has 1 amide bonds. The second-order valence-electron chi connectivity index (χ2n) is 2.63. The van der Waals surface area contributed by atoms with Crippen molar-refractivity contribution in [2.45, 2.75) is 10.7 Å². The number of aliphatic carboxylic acids is 1. The summed E-state index contributed by atoms with van der Waals surface area (Å²) in [5, 5.41) is 10.4. The van der Waals surface area contributed by atoms with E-state index in [4.69, 9.17) is 5.11 Å². The highest BCUT2D eigenvalue weighted by Crippen LogP contribution is 2.31. The van der Waals surface area contributed by atoms with Crippen LogP contribution in [0.2, 0.25) is 0 Å². The fourth-order valence-electron chi connectivity index (χ4n) is 0.944. The van der Waals surface area contributed by atoms with Gasteiger partial charge in [-0.15, -0.1) is 0 Å². The average molecular weight is 247 g/mol. The Kier molecular flexibility index (Phi) is 4.24. The third kappa shape index (κ3) is 3.50. The fraction of sp³-hybridized carbons (Fsp3) is 0.111. The van der Waals surface area contributed by atoms with E-state index in [-0.39, 0.29) is 22.3 Å². The first kappa shape index (κ1) is 12.4. The molecule has 0 saturated carbocycles. The summed E-state index contributed by atoms with van der Waals surface area (Å²) in [6.45, 7) is 0. The number of alkyl halides is 2. The van der Waals surface area contributed by atoms with Crippen molar-refractivity contribution in [1.82, 2.24) is 0 Å². The maximum atomic E-state index is 12.1. The lowest BCUT2D eigenvalue weighted by molar-refractivity contribution is -0.147. The summed E-state index contributed by atoms with van der Waals surface area (Å²) in [6, 6.07) is 5.74. The summed E-state index contributed by atoms with van der Waals surface area (Å²) < 4.78 is 24.3. The van der Waals surface area contributed by atoms with Crippen LogP contribution in [0.5, 0.6) is 0 Å². The molecule has 4 nitrogen and oxygen atoms in total. The molecule has 0 saturated heterocycles. The lowest BCUT2D eigenvalue weighted by atomic mass is 10.3. The third-order valence-electron chi connectivity index (χ3n) is 1.55. The number of carboxylic acids is 1. The zero-order valence-electron chi connectivity index (χ0n) is 7.81. The zero-order chi connectivity index (χ0) is 12.1. The molecular weight excluding hydrogens is 240 g/mol. The molecule has 7 heteroatoms. The second kappa shape index (κ2) is 5.45. The van der Waals surface area contributed by atoms with Crippen LogP contribution in [0.15, 0.2) is 29.2 Å². The number of nitrogens with one attached hydrogen (secondary N) is 1. The van der Waals surface area contributed by atoms with Crippen molar-refractivity contribution < 1.29 is 23.5 Å². The SMILES string of the molecule is O=C(O)C(=O)Nc1ccccc1SC(F)F. The van der Waals surface area contributed by atoms with Crippen LogP contribution in [-0.2, 0) is 9.59 Å². The number of hydrogen-bond donors (Lipinski definition) is 2. The molecule has 0 aromatic heterocycles. The van der Waals surface area contributed by atoms with Crippen molar-refractivity contribution in [2.24, 2.45) is 0 Å². The third-order valence-corrected chi connectivity index (χ3v) is 2.33. The number of hydrogen-bond acceptors (Lipinski definition) is 3. The van der Waals surface area contributed by atoms with Crippen molar-refractivity contribution in [3.63, 3.8) is 0 Å². The minimum Gasteiger partial charge on any atom is -0.474 e. The minimum absolute atomic E-state index is 0.0557. The van der Waals surface area contributed by atoms with E-state index in [1.165, 1.54) is 24.3 Å². The van der Waals surface area contributed by atoms with Crippen molar-refractivity contribution >= 4 is 29.3 Å². The quantitative estimate of drug-likeness (QED) is 0.633. The van der Waals surface area contributed by atoms with Gasteiger partial charge in [-0.05, 0) is 12.1 Å². The Labute approximate surface area is 93.6 Å². The number of para-hydroxylation sites is 1. The second-order valence-corrected chi connectivity index (χ2v) is 3.67. The summed E-state index contributed by atoms with van der Waals surface area (Å²) in [6.07, 6.45) is 0. The van der Waals surface area contributed by atoms with Gasteiger partial charge in [0.05, 0.1) is 5.69 Å². The van der Waals surface area contributed by atoms with E-state index in [0.29, 0.717) is 0 Å². The normalized spacial score (nSPS) is 10.2. The van der Waals surface area contributed by atoms with Gasteiger partial charge in [0.1, 0.15) is 0 Å². The number of amides is 1. The number of benzene rings is 1. The molecule has 0 atom stereocenters. The first-order valence-electron chi connectivity index (χ1n) is 4.09. The van der Waals surface area contributed by atoms with Gasteiger partial charge in [0.15, 0.2) is 0 Å². The van der Waals surface area contributed by atoms with Crippen molar-refractivity contribution in [2.75, 3.05) is 5.32 Å². The van der Waals surface area contributed by atoms with Gasteiger partial charge in [0.25, 0.3) is 5.76 Å². The number of halogens is 2. The highest BCUT2D eigenvalue weighted by Gasteiger charge is 2.15. The number of carbonyl (C=O) groups is 2. The smallest absolute Gasteiger partial charge is 0.394 e. The molecule has 0 fully saturated rings. The Morgan fingerprint density at radius 2 is 1.94 bits per heavy atom. The Hall–Kier alpha value is -1.63. The molecule has 0 unspecified atom stereocenters. The highest BCUT2D eigenvalue weighted by atomic mass is 32.2. The van der Waals surface area contributed by atoms with Crippen molar-refractivity contribution in [3.8, 4) is 0 Å². The number of carbonyl (C=O) groups excluding carboxylic acids is 1. The number of thioether (sulfide) groups is 1. The molecule has 86 valence electrons. The van der Waals surface area contributed by atoms with Crippen LogP contribution in [0.1, 0.15) is 0 Å². The summed E-state index contributed by atoms with van der Waals surface area (Å²) in [7, 11) is 0. The van der Waals surface area contributed by atoms with Gasteiger partial charge in [-0.1, -0.05) is 23.9 Å². The van der Waals surface area contributed by atoms with Crippen LogP contribution in [0, 0.1) is 0 Å². The Morgan fingerprint density at radius 3 is 2.50 bits per heavy atom. The average Bonchev–Trinajstić information content (AvgIpc) is 2.20. The summed E-state index contributed by atoms with van der Waals surface area (Å²) in [5.41, 5.74) is 0.0557. The van der Waals surface area contributed by atoms with Gasteiger partial charge >= 0.3 is 11.9 Å². The Morgan fingerprint density at radius 1 is 1.31 bits per heavy atom. The molecular formula is C9H7F2NO3S. The first-order valence-corrected chi connectivity index (χ1v) is 4.97. The van der Waals surface area contributed by atoms with Crippen molar-refractivity contribution in [3.05, 3.63) is 24.3 Å². The molecule has 0 heterocycles. The van der Waals surface area contributed by atoms with E-state index in [1.54, 1.807) is 0 Å². The van der Waals surface area contributed by atoms with E-state index in [1.807, 2.05) is 5.32 Å². The van der Waals surface area contributed by atoms with E-state index in [9.17, 15) is 18.4 Å². The molecule has 16 heavy (non-hydrogen) atoms. The predicted octanol–water partition coefficient (Wildman–Crippen LogP) is 2.02. The van der Waals surface area contributed by atoms with Gasteiger partial charge in [-0.3, -0.25) is 4.79 Å². The molecule has 0 bridgehead atoms. The first-order chi connectivity index (χ1) is 7.50. The Bertz CT molecular complexity index is 411. The number of anilines is 1. The highest BCUT2D eigenvalue weighted by molar-refractivity contribution is 7.99. The lowest BCUT2D eigenvalue weighted by Crippen LogP contribution is -2.22. The molecule has 1 aromatic rings. The van der Waals surface area contributed by atoms with Crippen LogP contribution in [0.3, 0.4) is 0 Å². The van der Waals surface area contributed by atoms with E-state index in [2.05, 4.69) is 0 Å². The fourth-order valence-corrected chi connectivity index (χ4v) is 1.54. The van der Waals surface area contributed by atoms with Gasteiger partial charge in [-0.25, -0.2) is 4.79 Å². The van der Waals surface area contributed by atoms with Gasteiger partial charge in [0, 0.05) is 4.90 Å². The summed E-state index contributed by atoms with van der Waals surface area (Å²) in [4.78, 5) is 21.2. The molecule has 0 radical (unpaired) electrons. The van der Waals surface area contributed by atoms with Crippen LogP contribution >= 0.6 is 11.8 Å². The molecule has 1 aromatic carbocycles. The maximum absolute atomic E-state index is 12.1. The maximum Gasteiger partial charge on any atom is 0.394 e. The summed E-state index contributed by atoms with van der Waals surface area (Å²) in [5.74, 6) is -5.57. The molecule has 0 aliphatic carbocycles. The van der Waals surface area contributed by atoms with E-state index in [0.717, 1.165) is 0 Å². The van der Waals surface area contributed by atoms with Crippen LogP contribution in [0.4, 0.5) is 14.5 Å².